The van der Waals surface area contributed by atoms with Crippen molar-refractivity contribution in [2.45, 2.75) is 18.7 Å². The minimum atomic E-state index is -4.14. The van der Waals surface area contributed by atoms with E-state index in [4.69, 9.17) is 16.3 Å². The fraction of sp³-hybridized carbons (Fsp3) is 0.143. The lowest BCUT2D eigenvalue weighted by molar-refractivity contribution is -0.119. The molecular weight excluding hydrogens is 524 g/mol. The van der Waals surface area contributed by atoms with Crippen molar-refractivity contribution in [2.24, 2.45) is 5.10 Å². The number of nitrogens with zero attached hydrogens (tertiary/aromatic N) is 3. The van der Waals surface area contributed by atoms with E-state index in [9.17, 15) is 13.2 Å². The highest BCUT2D eigenvalue weighted by Crippen LogP contribution is 2.34. The van der Waals surface area contributed by atoms with Crippen LogP contribution in [0.2, 0.25) is 5.02 Å². The molecule has 1 aromatic heterocycles. The third kappa shape index (κ3) is 5.74. The Morgan fingerprint density at radius 1 is 1.03 bits per heavy atom. The van der Waals surface area contributed by atoms with E-state index in [0.29, 0.717) is 5.02 Å². The average molecular weight is 551 g/mol. The lowest BCUT2D eigenvalue weighted by Crippen LogP contribution is -2.39. The van der Waals surface area contributed by atoms with Crippen molar-refractivity contribution in [2.75, 3.05) is 18.0 Å². The Balaban J connectivity index is 1.59. The van der Waals surface area contributed by atoms with Gasteiger partial charge in [0.05, 0.1) is 23.9 Å². The van der Waals surface area contributed by atoms with Gasteiger partial charge in [0.1, 0.15) is 12.3 Å². The number of aromatic nitrogens is 1. The summed E-state index contributed by atoms with van der Waals surface area (Å²) < 4.78 is 35.5. The van der Waals surface area contributed by atoms with Gasteiger partial charge in [-0.2, -0.15) is 5.10 Å². The first-order valence-electron chi connectivity index (χ1n) is 11.7. The summed E-state index contributed by atoms with van der Waals surface area (Å²) in [6.07, 6.45) is 1.54. The molecule has 196 valence electrons. The number of anilines is 1. The summed E-state index contributed by atoms with van der Waals surface area (Å²) in [5.41, 5.74) is 6.37. The minimum absolute atomic E-state index is 0.0201. The number of rotatable bonds is 9. The number of amides is 1. The molecule has 38 heavy (non-hydrogen) atoms. The average Bonchev–Trinajstić information content (AvgIpc) is 3.20. The van der Waals surface area contributed by atoms with Gasteiger partial charge in [0.25, 0.3) is 15.9 Å². The molecule has 0 saturated heterocycles. The van der Waals surface area contributed by atoms with Gasteiger partial charge in [-0.3, -0.25) is 9.10 Å². The summed E-state index contributed by atoms with van der Waals surface area (Å²) in [7, 11) is -2.72. The molecule has 1 amide bonds. The highest BCUT2D eigenvalue weighted by Gasteiger charge is 2.29. The second kappa shape index (κ2) is 11.5. The lowest BCUT2D eigenvalue weighted by atomic mass is 10.2. The number of ether oxygens (including phenoxy) is 1. The van der Waals surface area contributed by atoms with Gasteiger partial charge in [0.15, 0.2) is 0 Å². The molecule has 1 N–H and O–H groups in total. The number of benzene rings is 3. The zero-order chi connectivity index (χ0) is 27.3. The fourth-order valence-electron chi connectivity index (χ4n) is 4.11. The van der Waals surface area contributed by atoms with E-state index in [1.807, 2.05) is 50.2 Å². The number of hydrazone groups is 1. The molecule has 0 radical (unpaired) electrons. The van der Waals surface area contributed by atoms with E-state index in [1.54, 1.807) is 30.3 Å². The zero-order valence-corrected chi connectivity index (χ0v) is 22.7. The van der Waals surface area contributed by atoms with Crippen molar-refractivity contribution in [3.05, 3.63) is 107 Å². The SMILES string of the molecule is COc1ccc(Cl)cc1N(CC(=O)N/N=C\c1cc(C)n(-c2ccccc2)c1C)S(=O)(=O)c1ccccc1. The highest BCUT2D eigenvalue weighted by molar-refractivity contribution is 7.92. The van der Waals surface area contributed by atoms with E-state index in [1.165, 1.54) is 31.5 Å². The summed E-state index contributed by atoms with van der Waals surface area (Å²) in [6, 6.07) is 24.3. The standard InChI is InChI=1S/C28H27ClN4O4S/c1-20-16-22(21(2)33(20)24-10-6-4-7-11-24)18-30-31-28(34)19-32(26-17-23(29)14-15-27(26)37-3)38(35,36)25-12-8-5-9-13-25/h4-18H,19H2,1-3H3,(H,31,34)/b30-18-. The van der Waals surface area contributed by atoms with Gasteiger partial charge < -0.3 is 9.30 Å². The van der Waals surface area contributed by atoms with Gasteiger partial charge in [0.2, 0.25) is 0 Å². The number of hydrogen-bond acceptors (Lipinski definition) is 5. The zero-order valence-electron chi connectivity index (χ0n) is 21.1. The van der Waals surface area contributed by atoms with Crippen LogP contribution < -0.4 is 14.5 Å². The number of aryl methyl sites for hydroxylation is 1. The van der Waals surface area contributed by atoms with Crippen LogP contribution >= 0.6 is 11.6 Å². The number of sulfonamides is 1. The summed E-state index contributed by atoms with van der Waals surface area (Å²) >= 11 is 6.17. The predicted octanol–water partition coefficient (Wildman–Crippen LogP) is 5.10. The quantitative estimate of drug-likeness (QED) is 0.232. The number of carbonyl (C=O) groups is 1. The first kappa shape index (κ1) is 27.0. The van der Waals surface area contributed by atoms with E-state index in [0.717, 1.165) is 26.9 Å². The van der Waals surface area contributed by atoms with Crippen molar-refractivity contribution in [3.63, 3.8) is 0 Å². The van der Waals surface area contributed by atoms with Gasteiger partial charge in [-0.15, -0.1) is 0 Å². The number of para-hydroxylation sites is 1. The van der Waals surface area contributed by atoms with Crippen LogP contribution in [-0.4, -0.2) is 38.8 Å². The molecule has 0 aliphatic heterocycles. The maximum atomic E-state index is 13.6. The van der Waals surface area contributed by atoms with Gasteiger partial charge in [-0.25, -0.2) is 13.8 Å². The summed E-state index contributed by atoms with van der Waals surface area (Å²) in [5.74, 6) is -0.391. The molecule has 10 heteroatoms. The number of carbonyl (C=O) groups excluding carboxylic acids is 1. The van der Waals surface area contributed by atoms with E-state index in [2.05, 4.69) is 15.1 Å². The van der Waals surface area contributed by atoms with E-state index >= 15 is 0 Å². The Hall–Kier alpha value is -4.08. The molecule has 0 unspecified atom stereocenters. The Labute approximate surface area is 227 Å². The smallest absolute Gasteiger partial charge is 0.264 e. The maximum absolute atomic E-state index is 13.6. The third-order valence-corrected chi connectivity index (χ3v) is 7.91. The van der Waals surface area contributed by atoms with Gasteiger partial charge in [0, 0.05) is 27.7 Å². The van der Waals surface area contributed by atoms with Crippen LogP contribution in [0.5, 0.6) is 5.75 Å². The molecule has 0 saturated carbocycles. The van der Waals surface area contributed by atoms with Crippen LogP contribution in [0.3, 0.4) is 0 Å². The Morgan fingerprint density at radius 3 is 2.34 bits per heavy atom. The van der Waals surface area contributed by atoms with Crippen molar-refractivity contribution in [1.82, 2.24) is 9.99 Å². The molecule has 0 atom stereocenters. The molecule has 0 fully saturated rings. The molecule has 0 aliphatic rings. The van der Waals surface area contributed by atoms with Gasteiger partial charge in [-0.1, -0.05) is 48.0 Å². The number of nitrogens with one attached hydrogen (secondary N) is 1. The lowest BCUT2D eigenvalue weighted by Gasteiger charge is -2.25. The molecule has 8 nitrogen and oxygen atoms in total. The van der Waals surface area contributed by atoms with Crippen LogP contribution in [-0.2, 0) is 14.8 Å². The summed E-state index contributed by atoms with van der Waals surface area (Å²) in [4.78, 5) is 13.0. The van der Waals surface area contributed by atoms with Crippen LogP contribution in [0.4, 0.5) is 5.69 Å². The molecule has 0 spiro atoms. The third-order valence-electron chi connectivity index (χ3n) is 5.91. The van der Waals surface area contributed by atoms with Gasteiger partial charge >= 0.3 is 0 Å². The predicted molar refractivity (Wildman–Crippen MR) is 150 cm³/mol. The second-order valence-corrected chi connectivity index (χ2v) is 10.7. The number of hydrogen-bond donors (Lipinski definition) is 1. The van der Waals surface area contributed by atoms with Crippen LogP contribution in [0, 0.1) is 13.8 Å². The van der Waals surface area contributed by atoms with Crippen molar-refractivity contribution >= 4 is 39.4 Å². The molecule has 4 aromatic rings. The molecule has 4 rings (SSSR count). The molecule has 3 aromatic carbocycles. The van der Waals surface area contributed by atoms with E-state index in [-0.39, 0.29) is 16.3 Å². The van der Waals surface area contributed by atoms with Crippen molar-refractivity contribution in [1.29, 1.82) is 0 Å². The topological polar surface area (TPSA) is 93.0 Å². The summed E-state index contributed by atoms with van der Waals surface area (Å²) in [5, 5.41) is 4.39. The number of halogens is 1. The first-order valence-corrected chi connectivity index (χ1v) is 13.5. The summed E-state index contributed by atoms with van der Waals surface area (Å²) in [6.45, 7) is 3.40. The molecule has 1 heterocycles. The second-order valence-electron chi connectivity index (χ2n) is 8.43. The Bertz CT molecular complexity index is 1570. The number of methoxy groups -OCH3 is 1. The highest BCUT2D eigenvalue weighted by atomic mass is 35.5. The first-order chi connectivity index (χ1) is 18.2. The normalized spacial score (nSPS) is 11.5. The van der Waals surface area contributed by atoms with Crippen molar-refractivity contribution in [3.8, 4) is 11.4 Å². The maximum Gasteiger partial charge on any atom is 0.264 e. The molecule has 0 aliphatic carbocycles. The monoisotopic (exact) mass is 550 g/mol. The molecular formula is C28H27ClN4O4S. The van der Waals surface area contributed by atoms with Gasteiger partial charge in [-0.05, 0) is 62.4 Å². The van der Waals surface area contributed by atoms with E-state index < -0.39 is 22.5 Å². The Morgan fingerprint density at radius 2 is 1.68 bits per heavy atom. The van der Waals surface area contributed by atoms with Crippen molar-refractivity contribution < 1.29 is 17.9 Å². The minimum Gasteiger partial charge on any atom is -0.495 e. The fourth-order valence-corrected chi connectivity index (χ4v) is 5.72. The largest absolute Gasteiger partial charge is 0.495 e. The van der Waals surface area contributed by atoms with Crippen LogP contribution in [0.25, 0.3) is 5.69 Å². The Kier molecular flexibility index (Phi) is 8.19. The van der Waals surface area contributed by atoms with Crippen LogP contribution in [0.15, 0.2) is 94.9 Å². The molecule has 0 bridgehead atoms. The van der Waals surface area contributed by atoms with Crippen LogP contribution in [0.1, 0.15) is 17.0 Å².